The van der Waals surface area contributed by atoms with Gasteiger partial charge in [0.15, 0.2) is 0 Å². The minimum absolute atomic E-state index is 0.610. The van der Waals surface area contributed by atoms with Crippen LogP contribution in [0.5, 0.6) is 0 Å². The van der Waals surface area contributed by atoms with Crippen molar-refractivity contribution in [2.24, 2.45) is 11.8 Å². The Bertz CT molecular complexity index is 332. The minimum Gasteiger partial charge on any atom is -0.353 e. The average molecular weight is 221 g/mol. The van der Waals surface area contributed by atoms with Gasteiger partial charge in [-0.3, -0.25) is 0 Å². The summed E-state index contributed by atoms with van der Waals surface area (Å²) in [5.41, 5.74) is 0. The van der Waals surface area contributed by atoms with Gasteiger partial charge in [0.05, 0.1) is 0 Å². The van der Waals surface area contributed by atoms with Crippen molar-refractivity contribution in [3.8, 4) is 0 Å². The number of aryl methyl sites for hydroxylation is 1. The molecule has 0 amide bonds. The molecule has 16 heavy (non-hydrogen) atoms. The highest BCUT2D eigenvalue weighted by Gasteiger charge is 2.24. The number of anilines is 1. The van der Waals surface area contributed by atoms with E-state index in [1.165, 1.54) is 19.3 Å². The van der Waals surface area contributed by atoms with Crippen LogP contribution in [-0.4, -0.2) is 15.6 Å². The molecular weight excluding hydrogens is 198 g/mol. The molecule has 1 aromatic heterocycles. The molecule has 1 saturated carbocycles. The number of aromatic nitrogens is 2. The van der Waals surface area contributed by atoms with Crippen molar-refractivity contribution < 1.29 is 0 Å². The topological polar surface area (TPSA) is 29.9 Å². The highest BCUT2D eigenvalue weighted by atomic mass is 15.2. The SMILES string of the molecule is CCn1ccnc1NC1CCC(C)C(C)C1. The van der Waals surface area contributed by atoms with Crippen LogP contribution in [0.3, 0.4) is 0 Å². The lowest BCUT2D eigenvalue weighted by Gasteiger charge is -2.32. The highest BCUT2D eigenvalue weighted by molar-refractivity contribution is 5.27. The van der Waals surface area contributed by atoms with Crippen molar-refractivity contribution in [1.82, 2.24) is 9.55 Å². The number of nitrogens with one attached hydrogen (secondary N) is 1. The van der Waals surface area contributed by atoms with Crippen LogP contribution in [0.4, 0.5) is 5.95 Å². The maximum atomic E-state index is 4.38. The van der Waals surface area contributed by atoms with Crippen molar-refractivity contribution in [3.63, 3.8) is 0 Å². The maximum Gasteiger partial charge on any atom is 0.202 e. The first-order chi connectivity index (χ1) is 7.70. The zero-order chi connectivity index (χ0) is 11.5. The van der Waals surface area contributed by atoms with Crippen LogP contribution < -0.4 is 5.32 Å². The van der Waals surface area contributed by atoms with Gasteiger partial charge in [0.2, 0.25) is 5.95 Å². The summed E-state index contributed by atoms with van der Waals surface area (Å²) >= 11 is 0. The molecule has 1 fully saturated rings. The number of hydrogen-bond donors (Lipinski definition) is 1. The number of nitrogens with zero attached hydrogens (tertiary/aromatic N) is 2. The van der Waals surface area contributed by atoms with E-state index in [-0.39, 0.29) is 0 Å². The molecule has 1 aromatic rings. The number of rotatable bonds is 3. The van der Waals surface area contributed by atoms with E-state index < -0.39 is 0 Å². The molecule has 0 spiro atoms. The normalized spacial score (nSPS) is 30.3. The Kier molecular flexibility index (Phi) is 3.52. The summed E-state index contributed by atoms with van der Waals surface area (Å²) in [6.45, 7) is 7.87. The van der Waals surface area contributed by atoms with Gasteiger partial charge >= 0.3 is 0 Å². The van der Waals surface area contributed by atoms with Gasteiger partial charge < -0.3 is 9.88 Å². The second-order valence-corrected chi connectivity index (χ2v) is 5.15. The molecule has 0 radical (unpaired) electrons. The third kappa shape index (κ3) is 2.39. The van der Waals surface area contributed by atoms with E-state index in [1.54, 1.807) is 0 Å². The summed E-state index contributed by atoms with van der Waals surface area (Å²) in [5, 5.41) is 3.58. The Morgan fingerprint density at radius 2 is 2.19 bits per heavy atom. The van der Waals surface area contributed by atoms with Crippen molar-refractivity contribution in [2.45, 2.75) is 52.6 Å². The first-order valence-corrected chi connectivity index (χ1v) is 6.48. The molecule has 0 saturated heterocycles. The lowest BCUT2D eigenvalue weighted by molar-refractivity contribution is 0.260. The van der Waals surface area contributed by atoms with Crippen LogP contribution >= 0.6 is 0 Å². The molecule has 3 nitrogen and oxygen atoms in total. The molecule has 90 valence electrons. The van der Waals surface area contributed by atoms with E-state index in [0.29, 0.717) is 6.04 Å². The molecule has 2 rings (SSSR count). The number of hydrogen-bond acceptors (Lipinski definition) is 2. The quantitative estimate of drug-likeness (QED) is 0.849. The van der Waals surface area contributed by atoms with Crippen LogP contribution in [0, 0.1) is 11.8 Å². The van der Waals surface area contributed by atoms with Gasteiger partial charge in [0, 0.05) is 25.0 Å². The van der Waals surface area contributed by atoms with E-state index in [4.69, 9.17) is 0 Å². The lowest BCUT2D eigenvalue weighted by atomic mass is 9.79. The van der Waals surface area contributed by atoms with E-state index in [2.05, 4.69) is 35.6 Å². The first-order valence-electron chi connectivity index (χ1n) is 6.48. The Hall–Kier alpha value is -0.990. The fourth-order valence-corrected chi connectivity index (χ4v) is 2.57. The fourth-order valence-electron chi connectivity index (χ4n) is 2.57. The predicted octanol–water partition coefficient (Wildman–Crippen LogP) is 3.14. The van der Waals surface area contributed by atoms with Gasteiger partial charge in [-0.2, -0.15) is 0 Å². The number of imidazole rings is 1. The minimum atomic E-state index is 0.610. The molecule has 0 bridgehead atoms. The predicted molar refractivity (Wildman–Crippen MR) is 67.5 cm³/mol. The molecule has 0 aliphatic heterocycles. The second kappa shape index (κ2) is 4.89. The molecule has 1 aliphatic carbocycles. The molecule has 3 unspecified atom stereocenters. The molecule has 1 heterocycles. The van der Waals surface area contributed by atoms with Crippen molar-refractivity contribution in [1.29, 1.82) is 0 Å². The second-order valence-electron chi connectivity index (χ2n) is 5.15. The van der Waals surface area contributed by atoms with Gasteiger partial charge in [0.1, 0.15) is 0 Å². The van der Waals surface area contributed by atoms with Crippen LogP contribution in [-0.2, 0) is 6.54 Å². The molecule has 0 aromatic carbocycles. The van der Waals surface area contributed by atoms with E-state index >= 15 is 0 Å². The summed E-state index contributed by atoms with van der Waals surface area (Å²) in [5.74, 6) is 2.74. The fraction of sp³-hybridized carbons (Fsp3) is 0.769. The van der Waals surface area contributed by atoms with Gasteiger partial charge in [-0.25, -0.2) is 4.98 Å². The first kappa shape index (κ1) is 11.5. The Labute approximate surface area is 98.3 Å². The van der Waals surface area contributed by atoms with Crippen molar-refractivity contribution in [3.05, 3.63) is 12.4 Å². The molecule has 3 heteroatoms. The average Bonchev–Trinajstić information content (AvgIpc) is 2.71. The Balaban J connectivity index is 1.95. The van der Waals surface area contributed by atoms with Gasteiger partial charge in [-0.15, -0.1) is 0 Å². The smallest absolute Gasteiger partial charge is 0.202 e. The van der Waals surface area contributed by atoms with E-state index in [9.17, 15) is 0 Å². The van der Waals surface area contributed by atoms with E-state index in [1.807, 2.05) is 12.4 Å². The van der Waals surface area contributed by atoms with E-state index in [0.717, 1.165) is 24.3 Å². The van der Waals surface area contributed by atoms with Crippen LogP contribution in [0.25, 0.3) is 0 Å². The standard InChI is InChI=1S/C13H23N3/c1-4-16-8-7-14-13(16)15-12-6-5-10(2)11(3)9-12/h7-8,10-12H,4-6,9H2,1-3H3,(H,14,15). The Morgan fingerprint density at radius 1 is 1.38 bits per heavy atom. The molecule has 3 atom stereocenters. The van der Waals surface area contributed by atoms with Gasteiger partial charge in [-0.05, 0) is 38.0 Å². The molecule has 1 N–H and O–H groups in total. The zero-order valence-corrected chi connectivity index (χ0v) is 10.6. The van der Waals surface area contributed by atoms with Crippen LogP contribution in [0.15, 0.2) is 12.4 Å². The van der Waals surface area contributed by atoms with Crippen LogP contribution in [0.2, 0.25) is 0 Å². The largest absolute Gasteiger partial charge is 0.353 e. The van der Waals surface area contributed by atoms with Crippen LogP contribution in [0.1, 0.15) is 40.0 Å². The lowest BCUT2D eigenvalue weighted by Crippen LogP contribution is -2.31. The third-order valence-corrected chi connectivity index (χ3v) is 3.99. The summed E-state index contributed by atoms with van der Waals surface area (Å²) in [7, 11) is 0. The summed E-state index contributed by atoms with van der Waals surface area (Å²) in [4.78, 5) is 4.38. The molecule has 1 aliphatic rings. The summed E-state index contributed by atoms with van der Waals surface area (Å²) < 4.78 is 2.17. The maximum absolute atomic E-state index is 4.38. The van der Waals surface area contributed by atoms with Gasteiger partial charge in [0.25, 0.3) is 0 Å². The van der Waals surface area contributed by atoms with Gasteiger partial charge in [-0.1, -0.05) is 13.8 Å². The zero-order valence-electron chi connectivity index (χ0n) is 10.6. The van der Waals surface area contributed by atoms with Crippen molar-refractivity contribution >= 4 is 5.95 Å². The molecular formula is C13H23N3. The third-order valence-electron chi connectivity index (χ3n) is 3.99. The monoisotopic (exact) mass is 221 g/mol. The highest BCUT2D eigenvalue weighted by Crippen LogP contribution is 2.30. The Morgan fingerprint density at radius 3 is 2.88 bits per heavy atom. The summed E-state index contributed by atoms with van der Waals surface area (Å²) in [6.07, 6.45) is 7.81. The summed E-state index contributed by atoms with van der Waals surface area (Å²) in [6, 6.07) is 0.610. The van der Waals surface area contributed by atoms with Crippen molar-refractivity contribution in [2.75, 3.05) is 5.32 Å².